The van der Waals surface area contributed by atoms with Crippen LogP contribution in [0.25, 0.3) is 10.8 Å². The van der Waals surface area contributed by atoms with E-state index in [0.29, 0.717) is 34.9 Å². The third-order valence-corrected chi connectivity index (χ3v) is 8.03. The summed E-state index contributed by atoms with van der Waals surface area (Å²) in [7, 11) is 1.60. The molecule has 41 heavy (non-hydrogen) atoms. The minimum Gasteiger partial charge on any atom is -0.494 e. The topological polar surface area (TPSA) is 150 Å². The molecule has 0 bridgehead atoms. The van der Waals surface area contributed by atoms with Gasteiger partial charge in [-0.1, -0.05) is 12.1 Å². The number of hydrogen-bond donors (Lipinski definition) is 3. The monoisotopic (exact) mass is 555 g/mol. The summed E-state index contributed by atoms with van der Waals surface area (Å²) in [5, 5.41) is 25.2. The fraction of sp³-hybridized carbons (Fsp3) is 0.300. The van der Waals surface area contributed by atoms with E-state index in [9.17, 15) is 19.8 Å². The Morgan fingerprint density at radius 2 is 1.83 bits per heavy atom. The highest BCUT2D eigenvalue weighted by molar-refractivity contribution is 6.10. The molecule has 2 amide bonds. The van der Waals surface area contributed by atoms with Gasteiger partial charge in [0.15, 0.2) is 11.5 Å². The van der Waals surface area contributed by atoms with Crippen LogP contribution in [0.4, 0.5) is 5.69 Å². The van der Waals surface area contributed by atoms with Crippen LogP contribution in [-0.4, -0.2) is 44.8 Å². The Labute approximate surface area is 235 Å². The molecule has 210 valence electrons. The van der Waals surface area contributed by atoms with Crippen molar-refractivity contribution in [3.8, 4) is 23.3 Å². The van der Waals surface area contributed by atoms with E-state index >= 15 is 0 Å². The lowest BCUT2D eigenvalue weighted by atomic mass is 10.0. The van der Waals surface area contributed by atoms with Crippen molar-refractivity contribution in [1.82, 2.24) is 9.55 Å². The number of fused-ring (bicyclic) bond motifs is 2. The summed E-state index contributed by atoms with van der Waals surface area (Å²) in [5.74, 6) is -0.281. The fourth-order valence-corrected chi connectivity index (χ4v) is 5.77. The van der Waals surface area contributed by atoms with Gasteiger partial charge in [0.1, 0.15) is 5.69 Å². The van der Waals surface area contributed by atoms with Crippen LogP contribution in [0, 0.1) is 5.53 Å². The normalized spacial score (nSPS) is 15.8. The number of hydrogen-bond acceptors (Lipinski definition) is 8. The molecule has 1 aliphatic carbocycles. The molecule has 2 aromatic heterocycles. The zero-order valence-corrected chi connectivity index (χ0v) is 22.6. The van der Waals surface area contributed by atoms with Crippen molar-refractivity contribution in [3.05, 3.63) is 71.0 Å². The molecule has 11 heteroatoms. The Kier molecular flexibility index (Phi) is 6.56. The van der Waals surface area contributed by atoms with Gasteiger partial charge in [0.25, 0.3) is 5.91 Å². The van der Waals surface area contributed by atoms with Gasteiger partial charge in [-0.3, -0.25) is 19.1 Å². The zero-order valence-electron chi connectivity index (χ0n) is 22.6. The van der Waals surface area contributed by atoms with Crippen molar-refractivity contribution >= 4 is 28.3 Å². The van der Waals surface area contributed by atoms with Crippen LogP contribution in [0.3, 0.4) is 0 Å². The second-order valence-electron chi connectivity index (χ2n) is 10.4. The van der Waals surface area contributed by atoms with Crippen LogP contribution >= 0.6 is 0 Å². The van der Waals surface area contributed by atoms with Gasteiger partial charge in [-0.05, 0) is 68.0 Å². The van der Waals surface area contributed by atoms with Gasteiger partial charge in [0.05, 0.1) is 36.6 Å². The van der Waals surface area contributed by atoms with Crippen LogP contribution < -0.4 is 14.4 Å². The number of carbonyl (C=O) groups excluding carboxylic acids is 2. The number of carbonyl (C=O) groups is 2. The van der Waals surface area contributed by atoms with Crippen molar-refractivity contribution in [2.75, 3.05) is 12.0 Å². The zero-order chi connectivity index (χ0) is 28.8. The number of aromatic nitrogens is 2. The number of anilines is 1. The number of benzene rings is 2. The number of methoxy groups -OCH3 is 1. The first kappa shape index (κ1) is 26.3. The van der Waals surface area contributed by atoms with E-state index in [2.05, 4.69) is 10.1 Å². The molecule has 0 radical (unpaired) electrons. The molecular formula is C30H29N5O6. The maximum absolute atomic E-state index is 13.6. The number of pyridine rings is 1. The second kappa shape index (κ2) is 10.2. The van der Waals surface area contributed by atoms with E-state index in [-0.39, 0.29) is 40.2 Å². The molecule has 1 aliphatic heterocycles. The van der Waals surface area contributed by atoms with E-state index < -0.39 is 11.9 Å². The van der Waals surface area contributed by atoms with Crippen molar-refractivity contribution in [1.29, 1.82) is 5.53 Å². The average molecular weight is 556 g/mol. The van der Waals surface area contributed by atoms with Crippen LogP contribution in [0.5, 0.6) is 23.3 Å². The highest BCUT2D eigenvalue weighted by Gasteiger charge is 2.31. The van der Waals surface area contributed by atoms with E-state index in [4.69, 9.17) is 15.0 Å². The first-order valence-electron chi connectivity index (χ1n) is 13.4. The second-order valence-corrected chi connectivity index (χ2v) is 10.4. The van der Waals surface area contributed by atoms with Gasteiger partial charge in [0.2, 0.25) is 11.8 Å². The number of amides is 2. The van der Waals surface area contributed by atoms with Crippen molar-refractivity contribution < 1.29 is 29.3 Å². The maximum Gasteiger partial charge on any atom is 0.313 e. The molecule has 4 aromatic rings. The molecule has 3 heterocycles. The standard InChI is InChI=1S/C30H29N5O6/c1-16(35-29(38)22-13-24(27(36)33-31)32-14-23(22)30(35)39)17-7-8-18-15-34(28(37)21(18)11-17)19-9-10-25(40-2)26(12-19)41-20-5-3-4-6-20/h7-14,16,20,31,38-39H,3-6,15H2,1-2H3. The number of aromatic hydroxyl groups is 2. The minimum atomic E-state index is -0.859. The molecule has 1 unspecified atom stereocenters. The Morgan fingerprint density at radius 1 is 1.07 bits per heavy atom. The summed E-state index contributed by atoms with van der Waals surface area (Å²) < 4.78 is 13.1. The van der Waals surface area contributed by atoms with Crippen molar-refractivity contribution in [2.45, 2.75) is 51.3 Å². The molecule has 1 saturated carbocycles. The van der Waals surface area contributed by atoms with Gasteiger partial charge in [-0.2, -0.15) is 0 Å². The molecule has 11 nitrogen and oxygen atoms in total. The summed E-state index contributed by atoms with van der Waals surface area (Å²) in [6.45, 7) is 2.18. The molecule has 1 fully saturated rings. The quantitative estimate of drug-likeness (QED) is 0.247. The number of ether oxygens (including phenoxy) is 2. The van der Waals surface area contributed by atoms with Crippen LogP contribution in [0.15, 0.2) is 53.8 Å². The van der Waals surface area contributed by atoms with E-state index in [1.54, 1.807) is 25.0 Å². The molecule has 0 spiro atoms. The summed E-state index contributed by atoms with van der Waals surface area (Å²) in [4.78, 5) is 31.0. The molecule has 1 atom stereocenters. The Balaban J connectivity index is 1.30. The Bertz CT molecular complexity index is 1710. The minimum absolute atomic E-state index is 0.119. The van der Waals surface area contributed by atoms with Crippen LogP contribution in [-0.2, 0) is 6.54 Å². The lowest BCUT2D eigenvalue weighted by Crippen LogP contribution is -2.23. The largest absolute Gasteiger partial charge is 0.494 e. The predicted octanol–water partition coefficient (Wildman–Crippen LogP) is 5.72. The molecule has 6 rings (SSSR count). The number of nitrogens with zero attached hydrogens (tertiary/aromatic N) is 4. The molecule has 3 N–H and O–H groups in total. The number of nitrogens with one attached hydrogen (secondary N) is 1. The van der Waals surface area contributed by atoms with E-state index in [1.165, 1.54) is 16.8 Å². The first-order chi connectivity index (χ1) is 19.8. The Hall–Kier alpha value is -4.93. The maximum atomic E-state index is 13.6. The van der Waals surface area contributed by atoms with Crippen molar-refractivity contribution in [2.24, 2.45) is 5.11 Å². The summed E-state index contributed by atoms with van der Waals surface area (Å²) >= 11 is 0. The van der Waals surface area contributed by atoms with E-state index in [1.807, 2.05) is 30.3 Å². The smallest absolute Gasteiger partial charge is 0.313 e. The molecule has 2 aliphatic rings. The SMILES string of the molecule is COc1ccc(N2Cc3ccc(C(C)n4c(O)c5cnc(C(=O)N=N)cc5c4O)cc3C2=O)cc1OC1CCCC1. The van der Waals surface area contributed by atoms with Crippen molar-refractivity contribution in [3.63, 3.8) is 0 Å². The lowest BCUT2D eigenvalue weighted by Gasteiger charge is -2.20. The van der Waals surface area contributed by atoms with E-state index in [0.717, 1.165) is 31.2 Å². The van der Waals surface area contributed by atoms with Gasteiger partial charge >= 0.3 is 5.91 Å². The molecule has 0 saturated heterocycles. The fourth-order valence-electron chi connectivity index (χ4n) is 5.77. The number of rotatable bonds is 7. The average Bonchev–Trinajstić information content (AvgIpc) is 3.69. The summed E-state index contributed by atoms with van der Waals surface area (Å²) in [6.07, 6.45) is 5.69. The van der Waals surface area contributed by atoms with Crippen LogP contribution in [0.2, 0.25) is 0 Å². The van der Waals surface area contributed by atoms with Gasteiger partial charge in [-0.15, -0.1) is 5.11 Å². The highest BCUT2D eigenvalue weighted by atomic mass is 16.5. The third kappa shape index (κ3) is 4.43. The van der Waals surface area contributed by atoms with Gasteiger partial charge in [0, 0.05) is 23.5 Å². The molecule has 2 aromatic carbocycles. The predicted molar refractivity (Wildman–Crippen MR) is 149 cm³/mol. The first-order valence-corrected chi connectivity index (χ1v) is 13.4. The van der Waals surface area contributed by atoms with Gasteiger partial charge < -0.3 is 24.6 Å². The lowest BCUT2D eigenvalue weighted by molar-refractivity contribution is 0.0982. The van der Waals surface area contributed by atoms with Crippen LogP contribution in [0.1, 0.15) is 70.6 Å². The third-order valence-electron chi connectivity index (χ3n) is 8.03. The van der Waals surface area contributed by atoms with Gasteiger partial charge in [-0.25, -0.2) is 5.53 Å². The Morgan fingerprint density at radius 3 is 2.56 bits per heavy atom. The highest BCUT2D eigenvalue weighted by Crippen LogP contribution is 2.42. The summed E-state index contributed by atoms with van der Waals surface area (Å²) in [5.41, 5.74) is 9.60. The molecular weight excluding hydrogens is 526 g/mol. The summed E-state index contributed by atoms with van der Waals surface area (Å²) in [6, 6.07) is 11.8.